The van der Waals surface area contributed by atoms with Crippen molar-refractivity contribution in [2.24, 2.45) is 10.7 Å². The summed E-state index contributed by atoms with van der Waals surface area (Å²) < 4.78 is 45.1. The average molecular weight is 365 g/mol. The molecule has 13 heteroatoms. The van der Waals surface area contributed by atoms with Gasteiger partial charge in [0.05, 0.1) is 19.8 Å². The highest BCUT2D eigenvalue weighted by Gasteiger charge is 2.31. The Morgan fingerprint density at radius 1 is 1.54 bits per heavy atom. The molecule has 2 aliphatic heterocycles. The summed E-state index contributed by atoms with van der Waals surface area (Å²) in [6.45, 7) is 3.78. The summed E-state index contributed by atoms with van der Waals surface area (Å²) in [5.74, 6) is 0.0790. The standard InChI is InChI=1S/C11H19N5O7S/c1-2-22-11(17)14-10-13-9(15-3-5-21-6-4-15)7-8(12)16(10)23-24(18,19)20/h7-8H,2-6,12H2,1H3,(H,13,14,17)(H,18,19,20). The summed E-state index contributed by atoms with van der Waals surface area (Å²) >= 11 is 0. The monoisotopic (exact) mass is 365 g/mol. The molecule has 0 aliphatic carbocycles. The largest absolute Gasteiger partial charge is 0.450 e. The second-order valence-corrected chi connectivity index (χ2v) is 5.73. The molecule has 0 radical (unpaired) electrons. The number of alkyl carbamates (subject to hydrolysis) is 1. The molecule has 24 heavy (non-hydrogen) atoms. The minimum Gasteiger partial charge on any atom is -0.450 e. The predicted molar refractivity (Wildman–Crippen MR) is 80.5 cm³/mol. The van der Waals surface area contributed by atoms with Crippen molar-refractivity contribution < 1.29 is 31.5 Å². The van der Waals surface area contributed by atoms with E-state index in [0.29, 0.717) is 37.2 Å². The number of rotatable bonds is 4. The van der Waals surface area contributed by atoms with Crippen LogP contribution in [0.2, 0.25) is 0 Å². The van der Waals surface area contributed by atoms with Gasteiger partial charge in [-0.15, -0.1) is 4.28 Å². The zero-order valence-corrected chi connectivity index (χ0v) is 13.7. The van der Waals surface area contributed by atoms with Crippen LogP contribution in [-0.2, 0) is 24.2 Å². The maximum atomic E-state index is 11.6. The quantitative estimate of drug-likeness (QED) is 0.506. The number of nitrogens with one attached hydrogen (secondary N) is 1. The normalized spacial score (nSPS) is 21.9. The summed E-state index contributed by atoms with van der Waals surface area (Å²) in [5, 5.41) is 2.78. The Hall–Kier alpha value is -1.93. The molecule has 2 aliphatic rings. The number of guanidine groups is 1. The SMILES string of the molecule is CCOC(=O)NC1=NC(N2CCOCC2)=CC(N)N1OS(=O)(=O)O. The van der Waals surface area contributed by atoms with E-state index in [1.807, 2.05) is 4.90 Å². The number of carbonyl (C=O) groups excluding carboxylic acids is 1. The summed E-state index contributed by atoms with van der Waals surface area (Å²) in [6, 6.07) is 0. The lowest BCUT2D eigenvalue weighted by Gasteiger charge is -2.35. The summed E-state index contributed by atoms with van der Waals surface area (Å²) in [4.78, 5) is 17.6. The molecule has 1 amide bonds. The first kappa shape index (κ1) is 18.4. The predicted octanol–water partition coefficient (Wildman–Crippen LogP) is -1.40. The first-order chi connectivity index (χ1) is 11.3. The van der Waals surface area contributed by atoms with Crippen molar-refractivity contribution >= 4 is 22.5 Å². The number of carbonyl (C=O) groups is 1. The lowest BCUT2D eigenvalue weighted by molar-refractivity contribution is -0.0172. The number of hydroxylamine groups is 2. The minimum atomic E-state index is -4.87. The van der Waals surface area contributed by atoms with E-state index in [9.17, 15) is 13.2 Å². The zero-order chi connectivity index (χ0) is 17.7. The Balaban J connectivity index is 2.24. The van der Waals surface area contributed by atoms with Crippen LogP contribution >= 0.6 is 0 Å². The van der Waals surface area contributed by atoms with Gasteiger partial charge in [0.1, 0.15) is 12.0 Å². The number of morpholine rings is 1. The minimum absolute atomic E-state index is 0.0937. The molecule has 1 fully saturated rings. The third kappa shape index (κ3) is 5.04. The average Bonchev–Trinajstić information content (AvgIpc) is 2.50. The van der Waals surface area contributed by atoms with Crippen LogP contribution in [0.4, 0.5) is 4.79 Å². The third-order valence-electron chi connectivity index (χ3n) is 3.02. The maximum absolute atomic E-state index is 11.6. The fraction of sp³-hybridized carbons (Fsp3) is 0.636. The van der Waals surface area contributed by atoms with Crippen LogP contribution in [0.1, 0.15) is 6.92 Å². The number of nitrogens with two attached hydrogens (primary N) is 1. The van der Waals surface area contributed by atoms with Gasteiger partial charge < -0.3 is 20.1 Å². The molecule has 4 N–H and O–H groups in total. The Morgan fingerprint density at radius 2 is 2.21 bits per heavy atom. The van der Waals surface area contributed by atoms with E-state index in [-0.39, 0.29) is 12.6 Å². The van der Waals surface area contributed by atoms with Crippen LogP contribution in [0.25, 0.3) is 0 Å². The Bertz CT molecular complexity index is 629. The van der Waals surface area contributed by atoms with Crippen LogP contribution in [0.3, 0.4) is 0 Å². The molecule has 1 unspecified atom stereocenters. The first-order valence-corrected chi connectivity index (χ1v) is 8.45. The molecule has 12 nitrogen and oxygen atoms in total. The summed E-state index contributed by atoms with van der Waals surface area (Å²) in [6.07, 6.45) is -0.581. The van der Waals surface area contributed by atoms with Crippen molar-refractivity contribution in [3.8, 4) is 0 Å². The van der Waals surface area contributed by atoms with Crippen molar-refractivity contribution in [2.45, 2.75) is 13.1 Å². The highest BCUT2D eigenvalue weighted by atomic mass is 32.3. The van der Waals surface area contributed by atoms with Crippen LogP contribution in [-0.4, -0.2) is 74.1 Å². The van der Waals surface area contributed by atoms with Crippen molar-refractivity contribution in [1.29, 1.82) is 0 Å². The molecule has 0 spiro atoms. The molecular formula is C11H19N5O7S. The second-order valence-electron chi connectivity index (χ2n) is 4.72. The van der Waals surface area contributed by atoms with Crippen molar-refractivity contribution in [1.82, 2.24) is 15.3 Å². The molecule has 0 aromatic rings. The van der Waals surface area contributed by atoms with Crippen molar-refractivity contribution in [2.75, 3.05) is 32.9 Å². The van der Waals surface area contributed by atoms with E-state index in [2.05, 4.69) is 14.6 Å². The van der Waals surface area contributed by atoms with Gasteiger partial charge in [0.15, 0.2) is 0 Å². The fourth-order valence-electron chi connectivity index (χ4n) is 2.05. The smallest absolute Gasteiger partial charge is 0.418 e. The topological polar surface area (TPSA) is 156 Å². The van der Waals surface area contributed by atoms with Gasteiger partial charge >= 0.3 is 16.5 Å². The Labute approximate surface area is 138 Å². The van der Waals surface area contributed by atoms with Crippen molar-refractivity contribution in [3.63, 3.8) is 0 Å². The van der Waals surface area contributed by atoms with E-state index in [4.69, 9.17) is 19.8 Å². The molecular weight excluding hydrogens is 346 g/mol. The van der Waals surface area contributed by atoms with Crippen LogP contribution < -0.4 is 11.1 Å². The number of hydrogen-bond donors (Lipinski definition) is 3. The molecule has 136 valence electrons. The van der Waals surface area contributed by atoms with Crippen LogP contribution in [0.15, 0.2) is 16.9 Å². The third-order valence-corrected chi connectivity index (χ3v) is 3.37. The lowest BCUT2D eigenvalue weighted by atomic mass is 10.3. The van der Waals surface area contributed by atoms with E-state index >= 15 is 0 Å². The molecule has 0 aromatic carbocycles. The van der Waals surface area contributed by atoms with Gasteiger partial charge in [-0.1, -0.05) is 0 Å². The first-order valence-electron chi connectivity index (χ1n) is 7.09. The second kappa shape index (κ2) is 7.76. The van der Waals surface area contributed by atoms with Gasteiger partial charge in [-0.3, -0.25) is 9.87 Å². The van der Waals surface area contributed by atoms with Crippen LogP contribution in [0, 0.1) is 0 Å². The number of nitrogens with zero attached hydrogens (tertiary/aromatic N) is 3. The van der Waals surface area contributed by atoms with E-state index < -0.39 is 22.7 Å². The van der Waals surface area contributed by atoms with Gasteiger partial charge in [-0.25, -0.2) is 4.79 Å². The van der Waals surface area contributed by atoms with E-state index in [1.165, 1.54) is 6.08 Å². The molecule has 0 aromatic heterocycles. The number of amides is 1. The Morgan fingerprint density at radius 3 is 2.79 bits per heavy atom. The van der Waals surface area contributed by atoms with E-state index in [1.54, 1.807) is 6.92 Å². The van der Waals surface area contributed by atoms with Gasteiger partial charge in [0.25, 0.3) is 0 Å². The molecule has 0 saturated carbocycles. The van der Waals surface area contributed by atoms with Gasteiger partial charge in [-0.2, -0.15) is 18.5 Å². The highest BCUT2D eigenvalue weighted by molar-refractivity contribution is 7.80. The van der Waals surface area contributed by atoms with Crippen LogP contribution in [0.5, 0.6) is 0 Å². The fourth-order valence-corrected chi connectivity index (χ4v) is 2.43. The zero-order valence-electron chi connectivity index (χ0n) is 12.9. The number of hydrogen-bond acceptors (Lipinski definition) is 10. The number of aliphatic imine (C=N–C) groups is 1. The van der Waals surface area contributed by atoms with Crippen molar-refractivity contribution in [3.05, 3.63) is 11.9 Å². The summed E-state index contributed by atoms with van der Waals surface area (Å²) in [7, 11) is -4.87. The molecule has 2 rings (SSSR count). The van der Waals surface area contributed by atoms with Gasteiger partial charge in [-0.05, 0) is 13.0 Å². The molecule has 0 bridgehead atoms. The van der Waals surface area contributed by atoms with E-state index in [0.717, 1.165) is 0 Å². The summed E-state index contributed by atoms with van der Waals surface area (Å²) in [5.41, 5.74) is 5.84. The highest BCUT2D eigenvalue weighted by Crippen LogP contribution is 2.17. The molecule has 1 saturated heterocycles. The molecule has 1 atom stereocenters. The number of ether oxygens (including phenoxy) is 2. The Kier molecular flexibility index (Phi) is 5.95. The molecule has 2 heterocycles. The lowest BCUT2D eigenvalue weighted by Crippen LogP contribution is -2.55. The van der Waals surface area contributed by atoms with Gasteiger partial charge in [0.2, 0.25) is 5.96 Å². The van der Waals surface area contributed by atoms with Gasteiger partial charge in [0, 0.05) is 13.1 Å². The maximum Gasteiger partial charge on any atom is 0.418 e.